The number of hydrogen-bond donors (Lipinski definition) is 0. The minimum atomic E-state index is -3.51. The van der Waals surface area contributed by atoms with Crippen LogP contribution < -0.4 is 4.18 Å². The van der Waals surface area contributed by atoms with Gasteiger partial charge >= 0.3 is 10.1 Å². The summed E-state index contributed by atoms with van der Waals surface area (Å²) in [6, 6.07) is 9.19. The number of benzene rings is 1. The third kappa shape index (κ3) is 4.80. The van der Waals surface area contributed by atoms with Crippen LogP contribution in [0, 0.1) is 0 Å². The highest BCUT2D eigenvalue weighted by atomic mass is 32.2. The number of nitrogens with zero attached hydrogens (tertiary/aromatic N) is 1. The molecule has 0 spiro atoms. The van der Waals surface area contributed by atoms with E-state index in [-0.39, 0.29) is 5.75 Å². The molecule has 1 aromatic carbocycles. The molecule has 0 amide bonds. The van der Waals surface area contributed by atoms with E-state index in [1.807, 2.05) is 13.1 Å². The summed E-state index contributed by atoms with van der Waals surface area (Å²) in [6.07, 6.45) is 6.16. The molecule has 0 N–H and O–H groups in total. The van der Waals surface area contributed by atoms with E-state index in [2.05, 4.69) is 4.90 Å². The molecule has 0 heterocycles. The maximum atomic E-state index is 11.9. The fourth-order valence-corrected chi connectivity index (χ4v) is 3.62. The summed E-state index contributed by atoms with van der Waals surface area (Å²) in [6.45, 7) is 0.528. The van der Waals surface area contributed by atoms with Gasteiger partial charge in [-0.25, -0.2) is 0 Å². The van der Waals surface area contributed by atoms with Gasteiger partial charge in [0.1, 0.15) is 5.75 Å². The average molecular weight is 297 g/mol. The van der Waals surface area contributed by atoms with Crippen molar-refractivity contribution in [2.75, 3.05) is 19.3 Å². The third-order valence-corrected chi connectivity index (χ3v) is 4.99. The third-order valence-electron chi connectivity index (χ3n) is 3.86. The lowest BCUT2D eigenvalue weighted by Gasteiger charge is -2.30. The van der Waals surface area contributed by atoms with Crippen molar-refractivity contribution in [3.8, 4) is 5.75 Å². The van der Waals surface area contributed by atoms with Gasteiger partial charge in [0, 0.05) is 12.6 Å². The lowest BCUT2D eigenvalue weighted by molar-refractivity contribution is 0.200. The summed E-state index contributed by atoms with van der Waals surface area (Å²) in [5.74, 6) is 0.419. The van der Waals surface area contributed by atoms with Gasteiger partial charge in [0.15, 0.2) is 0 Å². The van der Waals surface area contributed by atoms with Gasteiger partial charge in [0.05, 0.1) is 5.75 Å². The Morgan fingerprint density at radius 2 is 1.80 bits per heavy atom. The first-order valence-electron chi connectivity index (χ1n) is 7.24. The second kappa shape index (κ2) is 7.09. The average Bonchev–Trinajstić information content (AvgIpc) is 2.46. The van der Waals surface area contributed by atoms with Crippen molar-refractivity contribution in [3.05, 3.63) is 30.3 Å². The quantitative estimate of drug-likeness (QED) is 0.757. The highest BCUT2D eigenvalue weighted by Crippen LogP contribution is 2.21. The fourth-order valence-electron chi connectivity index (χ4n) is 2.62. The van der Waals surface area contributed by atoms with Crippen LogP contribution in [0.4, 0.5) is 0 Å². The molecule has 1 fully saturated rings. The molecule has 0 radical (unpaired) electrons. The van der Waals surface area contributed by atoms with Crippen molar-refractivity contribution in [2.24, 2.45) is 0 Å². The zero-order valence-corrected chi connectivity index (χ0v) is 12.8. The Hall–Kier alpha value is -1.07. The van der Waals surface area contributed by atoms with Crippen molar-refractivity contribution in [2.45, 2.75) is 38.1 Å². The van der Waals surface area contributed by atoms with Crippen LogP contribution in [0.15, 0.2) is 30.3 Å². The van der Waals surface area contributed by atoms with Crippen molar-refractivity contribution in [1.82, 2.24) is 4.90 Å². The Bertz CT molecular complexity index is 495. The topological polar surface area (TPSA) is 46.6 Å². The standard InChI is InChI=1S/C15H23NO3S/c1-16(14-8-4-2-5-9-14)12-13-20(17,18)19-15-10-6-3-7-11-15/h3,6-7,10-11,14H,2,4-5,8-9,12-13H2,1H3. The Labute approximate surface area is 121 Å². The fraction of sp³-hybridized carbons (Fsp3) is 0.600. The van der Waals surface area contributed by atoms with Crippen LogP contribution in [0.5, 0.6) is 5.75 Å². The van der Waals surface area contributed by atoms with Crippen molar-refractivity contribution in [1.29, 1.82) is 0 Å². The molecule has 0 saturated heterocycles. The summed E-state index contributed by atoms with van der Waals surface area (Å²) in [4.78, 5) is 2.16. The predicted octanol–water partition coefficient (Wildman–Crippen LogP) is 2.66. The van der Waals surface area contributed by atoms with E-state index >= 15 is 0 Å². The van der Waals surface area contributed by atoms with E-state index in [9.17, 15) is 8.42 Å². The molecule has 1 aliphatic carbocycles. The van der Waals surface area contributed by atoms with Gasteiger partial charge in [-0.05, 0) is 32.0 Å². The molecule has 0 unspecified atom stereocenters. The highest BCUT2D eigenvalue weighted by molar-refractivity contribution is 7.87. The van der Waals surface area contributed by atoms with Gasteiger partial charge in [-0.1, -0.05) is 37.5 Å². The van der Waals surface area contributed by atoms with Crippen LogP contribution in [0.25, 0.3) is 0 Å². The Morgan fingerprint density at radius 1 is 1.15 bits per heavy atom. The van der Waals surface area contributed by atoms with Crippen LogP contribution in [-0.2, 0) is 10.1 Å². The summed E-state index contributed by atoms with van der Waals surface area (Å²) < 4.78 is 29.0. The molecule has 0 atom stereocenters. The lowest BCUT2D eigenvalue weighted by atomic mass is 9.94. The van der Waals surface area contributed by atoms with Crippen LogP contribution in [-0.4, -0.2) is 38.7 Å². The molecule has 5 heteroatoms. The molecular formula is C15H23NO3S. The molecule has 0 aliphatic heterocycles. The van der Waals surface area contributed by atoms with Crippen molar-refractivity contribution >= 4 is 10.1 Å². The Balaban J connectivity index is 1.82. The van der Waals surface area contributed by atoms with Crippen LogP contribution in [0.2, 0.25) is 0 Å². The van der Waals surface area contributed by atoms with Gasteiger partial charge < -0.3 is 9.08 Å². The van der Waals surface area contributed by atoms with Crippen LogP contribution >= 0.6 is 0 Å². The highest BCUT2D eigenvalue weighted by Gasteiger charge is 2.20. The van der Waals surface area contributed by atoms with Crippen LogP contribution in [0.1, 0.15) is 32.1 Å². The maximum Gasteiger partial charge on any atom is 0.310 e. The summed E-state index contributed by atoms with van der Waals surface area (Å²) in [5, 5.41) is 0. The van der Waals surface area contributed by atoms with E-state index in [0.717, 1.165) is 0 Å². The molecular weight excluding hydrogens is 274 g/mol. The van der Waals surface area contributed by atoms with Crippen molar-refractivity contribution in [3.63, 3.8) is 0 Å². The van der Waals surface area contributed by atoms with Crippen molar-refractivity contribution < 1.29 is 12.6 Å². The Morgan fingerprint density at radius 3 is 2.45 bits per heavy atom. The number of para-hydroxylation sites is 1. The number of rotatable bonds is 6. The first kappa shape index (κ1) is 15.3. The van der Waals surface area contributed by atoms with E-state index in [4.69, 9.17) is 4.18 Å². The van der Waals surface area contributed by atoms with E-state index in [1.54, 1.807) is 24.3 Å². The monoisotopic (exact) mass is 297 g/mol. The molecule has 1 aliphatic rings. The van der Waals surface area contributed by atoms with Gasteiger partial charge in [0.2, 0.25) is 0 Å². The zero-order valence-electron chi connectivity index (χ0n) is 12.0. The normalized spacial score (nSPS) is 17.3. The largest absolute Gasteiger partial charge is 0.382 e. The number of hydrogen-bond acceptors (Lipinski definition) is 4. The summed E-state index contributed by atoms with van der Waals surface area (Å²) >= 11 is 0. The molecule has 20 heavy (non-hydrogen) atoms. The predicted molar refractivity (Wildman–Crippen MR) is 80.4 cm³/mol. The molecule has 0 bridgehead atoms. The van der Waals surface area contributed by atoms with Gasteiger partial charge in [-0.15, -0.1) is 0 Å². The first-order chi connectivity index (χ1) is 9.57. The van der Waals surface area contributed by atoms with E-state index in [0.29, 0.717) is 18.3 Å². The molecule has 1 saturated carbocycles. The lowest BCUT2D eigenvalue weighted by Crippen LogP contribution is -2.37. The first-order valence-corrected chi connectivity index (χ1v) is 8.82. The smallest absolute Gasteiger partial charge is 0.310 e. The Kier molecular flexibility index (Phi) is 5.43. The zero-order chi connectivity index (χ0) is 14.4. The molecule has 2 rings (SSSR count). The maximum absolute atomic E-state index is 11.9. The van der Waals surface area contributed by atoms with Gasteiger partial charge in [0.25, 0.3) is 0 Å². The molecule has 4 nitrogen and oxygen atoms in total. The summed E-state index contributed by atoms with van der Waals surface area (Å²) in [5.41, 5.74) is 0. The van der Waals surface area contributed by atoms with Crippen LogP contribution in [0.3, 0.4) is 0 Å². The van der Waals surface area contributed by atoms with E-state index < -0.39 is 10.1 Å². The molecule has 0 aromatic heterocycles. The summed E-state index contributed by atoms with van der Waals surface area (Å²) in [7, 11) is -1.50. The second-order valence-corrected chi connectivity index (χ2v) is 7.12. The van der Waals surface area contributed by atoms with Gasteiger partial charge in [-0.2, -0.15) is 8.42 Å². The molecule has 112 valence electrons. The van der Waals surface area contributed by atoms with E-state index in [1.165, 1.54) is 32.1 Å². The minimum Gasteiger partial charge on any atom is -0.382 e. The second-order valence-electron chi connectivity index (χ2n) is 5.43. The minimum absolute atomic E-state index is 0.0366. The van der Waals surface area contributed by atoms with Gasteiger partial charge in [-0.3, -0.25) is 0 Å². The molecule has 1 aromatic rings. The SMILES string of the molecule is CN(CCS(=O)(=O)Oc1ccccc1)C1CCCCC1.